The summed E-state index contributed by atoms with van der Waals surface area (Å²) < 4.78 is 1.87. The standard InChI is InChI=1S/C8H6N2S3/c9-7(11)4-1-2-5-6(3-4)13-8(12)10-5/h1-3H,(H2,9,11)(H,10,12). The summed E-state index contributed by atoms with van der Waals surface area (Å²) in [7, 11) is 0. The topological polar surface area (TPSA) is 41.8 Å². The zero-order chi connectivity index (χ0) is 9.42. The molecule has 1 aromatic carbocycles. The molecule has 3 N–H and O–H groups in total. The maximum Gasteiger partial charge on any atom is 0.159 e. The minimum absolute atomic E-state index is 0.418. The van der Waals surface area contributed by atoms with E-state index in [0.29, 0.717) is 4.99 Å². The number of aromatic amines is 1. The Morgan fingerprint density at radius 3 is 2.92 bits per heavy atom. The quantitative estimate of drug-likeness (QED) is 0.734. The van der Waals surface area contributed by atoms with Gasteiger partial charge in [-0.2, -0.15) is 0 Å². The van der Waals surface area contributed by atoms with Gasteiger partial charge >= 0.3 is 0 Å². The van der Waals surface area contributed by atoms with Crippen molar-refractivity contribution in [3.05, 3.63) is 27.7 Å². The zero-order valence-electron chi connectivity index (χ0n) is 6.53. The lowest BCUT2D eigenvalue weighted by atomic mass is 10.2. The van der Waals surface area contributed by atoms with Gasteiger partial charge in [-0.1, -0.05) is 12.2 Å². The average Bonchev–Trinajstić information content (AvgIpc) is 2.42. The molecule has 0 saturated heterocycles. The Balaban J connectivity index is 2.74. The summed E-state index contributed by atoms with van der Waals surface area (Å²) in [5, 5.41) is 0. The molecule has 0 atom stereocenters. The summed E-state index contributed by atoms with van der Waals surface area (Å²) in [6.07, 6.45) is 0. The molecule has 66 valence electrons. The largest absolute Gasteiger partial charge is 0.389 e. The maximum atomic E-state index is 5.51. The molecule has 0 spiro atoms. The fourth-order valence-corrected chi connectivity index (χ4v) is 2.38. The Bertz CT molecular complexity index is 523. The fraction of sp³-hybridized carbons (Fsp3) is 0. The van der Waals surface area contributed by atoms with E-state index in [-0.39, 0.29) is 0 Å². The lowest BCUT2D eigenvalue weighted by Gasteiger charge is -1.96. The van der Waals surface area contributed by atoms with Crippen molar-refractivity contribution < 1.29 is 0 Å². The first-order chi connectivity index (χ1) is 6.16. The van der Waals surface area contributed by atoms with Crippen molar-refractivity contribution in [3.8, 4) is 0 Å². The van der Waals surface area contributed by atoms with E-state index in [1.165, 1.54) is 11.3 Å². The summed E-state index contributed by atoms with van der Waals surface area (Å²) >= 11 is 11.4. The summed E-state index contributed by atoms with van der Waals surface area (Å²) in [5.41, 5.74) is 7.43. The third-order valence-corrected chi connectivity index (χ3v) is 3.14. The second kappa shape index (κ2) is 3.17. The first kappa shape index (κ1) is 8.80. The minimum atomic E-state index is 0.418. The van der Waals surface area contributed by atoms with Crippen LogP contribution in [0.15, 0.2) is 18.2 Å². The number of H-pyrrole nitrogens is 1. The number of fused-ring (bicyclic) bond motifs is 1. The molecule has 0 aliphatic rings. The third-order valence-electron chi connectivity index (χ3n) is 1.71. The molecule has 2 nitrogen and oxygen atoms in total. The zero-order valence-corrected chi connectivity index (χ0v) is 8.98. The SMILES string of the molecule is NC(=S)c1ccc2[nH]c(=S)sc2c1. The van der Waals surface area contributed by atoms with Crippen molar-refractivity contribution in [3.63, 3.8) is 0 Å². The van der Waals surface area contributed by atoms with Gasteiger partial charge in [0, 0.05) is 5.56 Å². The number of thiazole rings is 1. The molecule has 0 radical (unpaired) electrons. The number of hydrogen-bond acceptors (Lipinski definition) is 3. The van der Waals surface area contributed by atoms with Crippen LogP contribution < -0.4 is 5.73 Å². The molecule has 0 bridgehead atoms. The molecule has 5 heteroatoms. The van der Waals surface area contributed by atoms with Crippen molar-refractivity contribution in [2.45, 2.75) is 0 Å². The minimum Gasteiger partial charge on any atom is -0.389 e. The van der Waals surface area contributed by atoms with E-state index in [0.717, 1.165) is 19.7 Å². The van der Waals surface area contributed by atoms with Gasteiger partial charge in [-0.15, -0.1) is 11.3 Å². The molecule has 0 amide bonds. The number of aromatic nitrogens is 1. The first-order valence-electron chi connectivity index (χ1n) is 3.59. The molecule has 1 heterocycles. The van der Waals surface area contributed by atoms with Gasteiger partial charge in [0.25, 0.3) is 0 Å². The van der Waals surface area contributed by atoms with Gasteiger partial charge in [-0.05, 0) is 30.4 Å². The van der Waals surface area contributed by atoms with E-state index in [1.54, 1.807) is 0 Å². The Morgan fingerprint density at radius 1 is 1.46 bits per heavy atom. The predicted molar refractivity (Wildman–Crippen MR) is 62.9 cm³/mol. The number of nitrogens with one attached hydrogen (secondary N) is 1. The number of rotatable bonds is 1. The molecule has 13 heavy (non-hydrogen) atoms. The summed E-state index contributed by atoms with van der Waals surface area (Å²) in [6.45, 7) is 0. The molecular formula is C8H6N2S3. The van der Waals surface area contributed by atoms with Crippen LogP contribution in [-0.4, -0.2) is 9.97 Å². The third kappa shape index (κ3) is 1.63. The molecule has 0 aliphatic heterocycles. The predicted octanol–water partition coefficient (Wildman–Crippen LogP) is 2.59. The molecule has 0 unspecified atom stereocenters. The first-order valence-corrected chi connectivity index (χ1v) is 5.23. The van der Waals surface area contributed by atoms with Gasteiger partial charge in [-0.3, -0.25) is 0 Å². The second-order valence-electron chi connectivity index (χ2n) is 2.59. The van der Waals surface area contributed by atoms with Crippen LogP contribution in [0.1, 0.15) is 5.56 Å². The fourth-order valence-electron chi connectivity index (χ4n) is 1.10. The lowest BCUT2D eigenvalue weighted by molar-refractivity contribution is 1.47. The molecule has 1 aromatic heterocycles. The van der Waals surface area contributed by atoms with E-state index < -0.39 is 0 Å². The van der Waals surface area contributed by atoms with E-state index in [4.69, 9.17) is 30.2 Å². The van der Waals surface area contributed by atoms with Gasteiger partial charge < -0.3 is 10.7 Å². The molecule has 0 aliphatic carbocycles. The highest BCUT2D eigenvalue weighted by molar-refractivity contribution is 7.80. The highest BCUT2D eigenvalue weighted by atomic mass is 32.1. The van der Waals surface area contributed by atoms with Crippen LogP contribution >= 0.6 is 35.8 Å². The van der Waals surface area contributed by atoms with E-state index in [1.807, 2.05) is 18.2 Å². The molecule has 0 fully saturated rings. The van der Waals surface area contributed by atoms with Crippen LogP contribution in [0.4, 0.5) is 0 Å². The number of hydrogen-bond donors (Lipinski definition) is 2. The highest BCUT2D eigenvalue weighted by Crippen LogP contribution is 2.20. The van der Waals surface area contributed by atoms with Gasteiger partial charge in [0.2, 0.25) is 0 Å². The van der Waals surface area contributed by atoms with Crippen molar-refractivity contribution in [2.75, 3.05) is 0 Å². The average molecular weight is 226 g/mol. The van der Waals surface area contributed by atoms with Gasteiger partial charge in [0.15, 0.2) is 3.95 Å². The van der Waals surface area contributed by atoms with Gasteiger partial charge in [0.05, 0.1) is 10.2 Å². The molecule has 2 aromatic rings. The van der Waals surface area contributed by atoms with Crippen molar-refractivity contribution in [1.29, 1.82) is 0 Å². The Labute approximate surface area is 89.4 Å². The van der Waals surface area contributed by atoms with Crippen molar-refractivity contribution in [2.24, 2.45) is 5.73 Å². The summed E-state index contributed by atoms with van der Waals surface area (Å²) in [6, 6.07) is 5.79. The Hall–Kier alpha value is -0.780. The highest BCUT2D eigenvalue weighted by Gasteiger charge is 2.00. The van der Waals surface area contributed by atoms with Gasteiger partial charge in [0.1, 0.15) is 4.99 Å². The summed E-state index contributed by atoms with van der Waals surface area (Å²) in [4.78, 5) is 3.49. The number of benzene rings is 1. The molecule has 0 saturated carbocycles. The van der Waals surface area contributed by atoms with Crippen molar-refractivity contribution in [1.82, 2.24) is 4.98 Å². The van der Waals surface area contributed by atoms with E-state index in [9.17, 15) is 0 Å². The van der Waals surface area contributed by atoms with Crippen LogP contribution in [0.5, 0.6) is 0 Å². The normalized spacial score (nSPS) is 10.5. The van der Waals surface area contributed by atoms with Crippen LogP contribution in [0.25, 0.3) is 10.2 Å². The summed E-state index contributed by atoms with van der Waals surface area (Å²) in [5.74, 6) is 0. The Morgan fingerprint density at radius 2 is 2.23 bits per heavy atom. The molecule has 2 rings (SSSR count). The van der Waals surface area contributed by atoms with Crippen LogP contribution in [0.2, 0.25) is 0 Å². The van der Waals surface area contributed by atoms with Crippen molar-refractivity contribution >= 4 is 51.0 Å². The maximum absolute atomic E-state index is 5.51. The monoisotopic (exact) mass is 226 g/mol. The van der Waals surface area contributed by atoms with E-state index in [2.05, 4.69) is 4.98 Å². The van der Waals surface area contributed by atoms with Crippen LogP contribution in [-0.2, 0) is 0 Å². The van der Waals surface area contributed by atoms with Crippen LogP contribution in [0.3, 0.4) is 0 Å². The number of thiocarbonyl (C=S) groups is 1. The van der Waals surface area contributed by atoms with E-state index >= 15 is 0 Å². The smallest absolute Gasteiger partial charge is 0.159 e. The van der Waals surface area contributed by atoms with Gasteiger partial charge in [-0.25, -0.2) is 0 Å². The number of nitrogens with two attached hydrogens (primary N) is 1. The molecular weight excluding hydrogens is 220 g/mol. The second-order valence-corrected chi connectivity index (χ2v) is 4.75. The van der Waals surface area contributed by atoms with Crippen LogP contribution in [0, 0.1) is 3.95 Å². The Kier molecular flexibility index (Phi) is 2.15. The lowest BCUT2D eigenvalue weighted by Crippen LogP contribution is -2.08.